The highest BCUT2D eigenvalue weighted by Gasteiger charge is 2.21. The van der Waals surface area contributed by atoms with Gasteiger partial charge in [0.25, 0.3) is 0 Å². The Balaban J connectivity index is 2.14. The molecule has 2 aromatic rings. The van der Waals surface area contributed by atoms with Gasteiger partial charge in [0, 0.05) is 25.2 Å². The summed E-state index contributed by atoms with van der Waals surface area (Å²) < 4.78 is 5.41. The number of hydrogen-bond acceptors (Lipinski definition) is 4. The SMILES string of the molecule is C=CCC(Cc1ncc[nH]1)OC(=O)c1ccccc1C(=O)O. The van der Waals surface area contributed by atoms with Crippen molar-refractivity contribution in [3.63, 3.8) is 0 Å². The van der Waals surface area contributed by atoms with Crippen LogP contribution in [0.3, 0.4) is 0 Å². The van der Waals surface area contributed by atoms with Gasteiger partial charge in [-0.25, -0.2) is 14.6 Å². The van der Waals surface area contributed by atoms with E-state index in [0.717, 1.165) is 0 Å². The summed E-state index contributed by atoms with van der Waals surface area (Å²) in [6, 6.07) is 5.96. The lowest BCUT2D eigenvalue weighted by Crippen LogP contribution is -2.22. The molecule has 114 valence electrons. The molecule has 2 rings (SSSR count). The van der Waals surface area contributed by atoms with Gasteiger partial charge in [-0.3, -0.25) is 0 Å². The first-order chi connectivity index (χ1) is 10.6. The summed E-state index contributed by atoms with van der Waals surface area (Å²) in [5.74, 6) is -1.15. The Labute approximate surface area is 127 Å². The average molecular weight is 300 g/mol. The number of hydrogen-bond donors (Lipinski definition) is 2. The zero-order chi connectivity index (χ0) is 15.9. The van der Waals surface area contributed by atoms with Crippen molar-refractivity contribution < 1.29 is 19.4 Å². The van der Waals surface area contributed by atoms with Gasteiger partial charge >= 0.3 is 11.9 Å². The summed E-state index contributed by atoms with van der Waals surface area (Å²) in [6.45, 7) is 3.64. The summed E-state index contributed by atoms with van der Waals surface area (Å²) in [4.78, 5) is 30.4. The molecule has 1 aromatic carbocycles. The first kappa shape index (κ1) is 15.5. The molecular weight excluding hydrogens is 284 g/mol. The number of carboxylic acids is 1. The van der Waals surface area contributed by atoms with Gasteiger partial charge in [-0.1, -0.05) is 18.2 Å². The molecule has 0 spiro atoms. The topological polar surface area (TPSA) is 92.3 Å². The van der Waals surface area contributed by atoms with Crippen molar-refractivity contribution >= 4 is 11.9 Å². The second-order valence-electron chi connectivity index (χ2n) is 4.64. The highest BCUT2D eigenvalue weighted by atomic mass is 16.5. The first-order valence-electron chi connectivity index (χ1n) is 6.74. The Kier molecular flexibility index (Phi) is 5.08. The third-order valence-electron chi connectivity index (χ3n) is 3.06. The van der Waals surface area contributed by atoms with Crippen LogP contribution in [0.2, 0.25) is 0 Å². The van der Waals surface area contributed by atoms with Crippen LogP contribution in [0.25, 0.3) is 0 Å². The molecule has 0 aliphatic carbocycles. The molecule has 6 nitrogen and oxygen atoms in total. The van der Waals surface area contributed by atoms with E-state index in [-0.39, 0.29) is 11.1 Å². The molecule has 0 aliphatic rings. The Morgan fingerprint density at radius 3 is 2.68 bits per heavy atom. The predicted molar refractivity (Wildman–Crippen MR) is 79.7 cm³/mol. The molecule has 1 atom stereocenters. The average Bonchev–Trinajstić information content (AvgIpc) is 3.00. The number of imidazole rings is 1. The van der Waals surface area contributed by atoms with Crippen LogP contribution < -0.4 is 0 Å². The van der Waals surface area contributed by atoms with Gasteiger partial charge in [-0.15, -0.1) is 6.58 Å². The van der Waals surface area contributed by atoms with Crippen LogP contribution in [0.5, 0.6) is 0 Å². The second-order valence-corrected chi connectivity index (χ2v) is 4.64. The maximum Gasteiger partial charge on any atom is 0.339 e. The molecule has 22 heavy (non-hydrogen) atoms. The van der Waals surface area contributed by atoms with Crippen LogP contribution in [-0.2, 0) is 11.2 Å². The van der Waals surface area contributed by atoms with Crippen LogP contribution in [0.1, 0.15) is 33.0 Å². The summed E-state index contributed by atoms with van der Waals surface area (Å²) in [6.07, 6.45) is 5.33. The maximum atomic E-state index is 12.2. The number of esters is 1. The van der Waals surface area contributed by atoms with Crippen LogP contribution in [0, 0.1) is 0 Å². The lowest BCUT2D eigenvalue weighted by atomic mass is 10.1. The van der Waals surface area contributed by atoms with Gasteiger partial charge in [0.1, 0.15) is 11.9 Å². The predicted octanol–water partition coefficient (Wildman–Crippen LogP) is 2.45. The van der Waals surface area contributed by atoms with E-state index >= 15 is 0 Å². The second kappa shape index (κ2) is 7.21. The molecule has 1 unspecified atom stereocenters. The number of rotatable bonds is 7. The number of aromatic nitrogens is 2. The van der Waals surface area contributed by atoms with Gasteiger partial charge in [0.2, 0.25) is 0 Å². The van der Waals surface area contributed by atoms with E-state index in [1.165, 1.54) is 12.1 Å². The molecule has 0 amide bonds. The maximum absolute atomic E-state index is 12.2. The summed E-state index contributed by atoms with van der Waals surface area (Å²) in [5.41, 5.74) is -0.0497. The number of nitrogens with zero attached hydrogens (tertiary/aromatic N) is 1. The fraction of sp³-hybridized carbons (Fsp3) is 0.188. The monoisotopic (exact) mass is 300 g/mol. The number of aromatic carboxylic acids is 1. The number of aromatic amines is 1. The number of carbonyl (C=O) groups is 2. The van der Waals surface area contributed by atoms with E-state index in [2.05, 4.69) is 16.5 Å². The molecule has 1 heterocycles. The van der Waals surface area contributed by atoms with Crippen molar-refractivity contribution in [3.05, 3.63) is 66.3 Å². The fourth-order valence-electron chi connectivity index (χ4n) is 2.05. The van der Waals surface area contributed by atoms with E-state index in [1.807, 2.05) is 0 Å². The van der Waals surface area contributed by atoms with E-state index in [4.69, 9.17) is 9.84 Å². The van der Waals surface area contributed by atoms with Crippen molar-refractivity contribution in [2.45, 2.75) is 18.9 Å². The first-order valence-corrected chi connectivity index (χ1v) is 6.74. The Bertz CT molecular complexity index is 665. The van der Waals surface area contributed by atoms with Crippen molar-refractivity contribution in [2.75, 3.05) is 0 Å². The smallest absolute Gasteiger partial charge is 0.339 e. The minimum atomic E-state index is -1.17. The number of H-pyrrole nitrogens is 1. The largest absolute Gasteiger partial charge is 0.478 e. The third-order valence-corrected chi connectivity index (χ3v) is 3.06. The zero-order valence-corrected chi connectivity index (χ0v) is 11.9. The van der Waals surface area contributed by atoms with E-state index in [1.54, 1.807) is 30.6 Å². The number of carbonyl (C=O) groups excluding carboxylic acids is 1. The molecule has 6 heteroatoms. The highest BCUT2D eigenvalue weighted by molar-refractivity contribution is 6.02. The van der Waals surface area contributed by atoms with Gasteiger partial charge < -0.3 is 14.8 Å². The van der Waals surface area contributed by atoms with Crippen molar-refractivity contribution in [1.82, 2.24) is 9.97 Å². The lowest BCUT2D eigenvalue weighted by molar-refractivity contribution is 0.0300. The molecular formula is C16H16N2O4. The molecule has 0 aliphatic heterocycles. The van der Waals surface area contributed by atoms with E-state index in [9.17, 15) is 9.59 Å². The minimum Gasteiger partial charge on any atom is -0.478 e. The Hall–Kier alpha value is -2.89. The summed E-state index contributed by atoms with van der Waals surface area (Å²) in [7, 11) is 0. The molecule has 1 aromatic heterocycles. The molecule has 0 radical (unpaired) electrons. The molecule has 0 saturated heterocycles. The Morgan fingerprint density at radius 2 is 2.09 bits per heavy atom. The molecule has 2 N–H and O–H groups in total. The molecule has 0 saturated carbocycles. The van der Waals surface area contributed by atoms with E-state index < -0.39 is 18.0 Å². The van der Waals surface area contributed by atoms with Crippen LogP contribution in [0.15, 0.2) is 49.3 Å². The van der Waals surface area contributed by atoms with Crippen molar-refractivity contribution in [2.24, 2.45) is 0 Å². The third kappa shape index (κ3) is 3.82. The minimum absolute atomic E-state index is 0.0310. The normalized spacial score (nSPS) is 11.6. The fourth-order valence-corrected chi connectivity index (χ4v) is 2.05. The quantitative estimate of drug-likeness (QED) is 0.605. The van der Waals surface area contributed by atoms with Gasteiger partial charge in [-0.2, -0.15) is 0 Å². The van der Waals surface area contributed by atoms with Crippen molar-refractivity contribution in [3.8, 4) is 0 Å². The number of carboxylic acid groups (broad SMARTS) is 1. The van der Waals surface area contributed by atoms with Crippen LogP contribution in [-0.4, -0.2) is 33.1 Å². The van der Waals surface area contributed by atoms with E-state index in [0.29, 0.717) is 18.7 Å². The van der Waals surface area contributed by atoms with Crippen LogP contribution in [0.4, 0.5) is 0 Å². The van der Waals surface area contributed by atoms with Gasteiger partial charge in [-0.05, 0) is 12.1 Å². The highest BCUT2D eigenvalue weighted by Crippen LogP contribution is 2.14. The van der Waals surface area contributed by atoms with Crippen molar-refractivity contribution in [1.29, 1.82) is 0 Å². The lowest BCUT2D eigenvalue weighted by Gasteiger charge is -2.16. The standard InChI is InChI=1S/C16H16N2O4/c1-2-5-11(10-14-17-8-9-18-14)22-16(21)13-7-4-3-6-12(13)15(19)20/h2-4,6-9,11H,1,5,10H2,(H,17,18)(H,19,20). The number of nitrogens with one attached hydrogen (secondary N) is 1. The molecule has 0 fully saturated rings. The number of ether oxygens (including phenoxy) is 1. The molecule has 0 bridgehead atoms. The van der Waals surface area contributed by atoms with Crippen LogP contribution >= 0.6 is 0 Å². The Morgan fingerprint density at radius 1 is 1.36 bits per heavy atom. The summed E-state index contributed by atoms with van der Waals surface area (Å²) >= 11 is 0. The number of benzene rings is 1. The van der Waals surface area contributed by atoms with Gasteiger partial charge in [0.05, 0.1) is 11.1 Å². The van der Waals surface area contributed by atoms with Gasteiger partial charge in [0.15, 0.2) is 0 Å². The zero-order valence-electron chi connectivity index (χ0n) is 11.9. The summed E-state index contributed by atoms with van der Waals surface area (Å²) in [5, 5.41) is 9.12.